The van der Waals surface area contributed by atoms with Crippen LogP contribution in [0.15, 0.2) is 65.6 Å². The first-order valence-electron chi connectivity index (χ1n) is 10.1. The summed E-state index contributed by atoms with van der Waals surface area (Å²) in [5.74, 6) is -0.125. The SMILES string of the molecule is Cc1ccc(S(=O)(=O)N2C[C@H](C(=O)Nc3ccc(C)c(Cl)c3)Oc3ccc(C)cc32)cc1. The molecule has 3 aromatic carbocycles. The summed E-state index contributed by atoms with van der Waals surface area (Å²) < 4.78 is 34.2. The minimum atomic E-state index is -3.91. The van der Waals surface area contributed by atoms with Crippen molar-refractivity contribution in [1.29, 1.82) is 0 Å². The molecule has 0 saturated heterocycles. The molecule has 0 bridgehead atoms. The lowest BCUT2D eigenvalue weighted by atomic mass is 10.1. The number of nitrogens with one attached hydrogen (secondary N) is 1. The van der Waals surface area contributed by atoms with Crippen molar-refractivity contribution in [2.45, 2.75) is 31.8 Å². The van der Waals surface area contributed by atoms with Crippen LogP contribution in [0, 0.1) is 20.8 Å². The molecule has 32 heavy (non-hydrogen) atoms. The first kappa shape index (κ1) is 22.2. The number of anilines is 2. The number of rotatable bonds is 4. The lowest BCUT2D eigenvalue weighted by Crippen LogP contribution is -2.48. The first-order chi connectivity index (χ1) is 15.1. The molecule has 3 aromatic rings. The zero-order valence-corrected chi connectivity index (χ0v) is 19.5. The Bertz CT molecular complexity index is 1290. The molecular formula is C24H23ClN2O4S. The largest absolute Gasteiger partial charge is 0.476 e. The Kier molecular flexibility index (Phi) is 5.88. The van der Waals surface area contributed by atoms with E-state index in [9.17, 15) is 13.2 Å². The van der Waals surface area contributed by atoms with Crippen molar-refractivity contribution in [3.8, 4) is 5.75 Å². The van der Waals surface area contributed by atoms with Crippen LogP contribution in [0.3, 0.4) is 0 Å². The van der Waals surface area contributed by atoms with E-state index in [1.54, 1.807) is 54.6 Å². The van der Waals surface area contributed by atoms with Crippen molar-refractivity contribution in [1.82, 2.24) is 0 Å². The van der Waals surface area contributed by atoms with Crippen molar-refractivity contribution in [3.05, 3.63) is 82.4 Å². The third-order valence-corrected chi connectivity index (χ3v) is 7.53. The summed E-state index contributed by atoms with van der Waals surface area (Å²) >= 11 is 6.16. The van der Waals surface area contributed by atoms with E-state index < -0.39 is 22.0 Å². The number of sulfonamides is 1. The molecule has 6 nitrogen and oxygen atoms in total. The van der Waals surface area contributed by atoms with Crippen LogP contribution < -0.4 is 14.4 Å². The summed E-state index contributed by atoms with van der Waals surface area (Å²) in [6, 6.07) is 17.1. The second-order valence-corrected chi connectivity index (χ2v) is 10.1. The number of fused-ring (bicyclic) bond motifs is 1. The zero-order chi connectivity index (χ0) is 23.0. The van der Waals surface area contributed by atoms with Crippen molar-refractivity contribution in [2.24, 2.45) is 0 Å². The number of ether oxygens (including phenoxy) is 1. The molecule has 4 rings (SSSR count). The molecule has 0 aliphatic carbocycles. The van der Waals surface area contributed by atoms with Gasteiger partial charge in [0.05, 0.1) is 17.1 Å². The maximum Gasteiger partial charge on any atom is 0.267 e. The molecule has 0 spiro atoms. The number of hydrogen-bond donors (Lipinski definition) is 1. The van der Waals surface area contributed by atoms with Crippen LogP contribution in [0.5, 0.6) is 5.75 Å². The summed E-state index contributed by atoms with van der Waals surface area (Å²) in [6.45, 7) is 5.47. The molecule has 0 aromatic heterocycles. The molecule has 166 valence electrons. The number of hydrogen-bond acceptors (Lipinski definition) is 4. The standard InChI is InChI=1S/C24H23ClN2O4S/c1-15-4-9-19(10-5-15)32(29,30)27-14-23(31-22-11-6-16(2)12-21(22)27)24(28)26-18-8-7-17(3)20(25)13-18/h4-13,23H,14H2,1-3H3,(H,26,28)/t23-/m1/s1. The summed E-state index contributed by atoms with van der Waals surface area (Å²) in [5, 5.41) is 3.30. The lowest BCUT2D eigenvalue weighted by Gasteiger charge is -2.35. The van der Waals surface area contributed by atoms with Gasteiger partial charge in [-0.15, -0.1) is 0 Å². The van der Waals surface area contributed by atoms with Gasteiger partial charge >= 0.3 is 0 Å². The molecule has 0 unspecified atom stereocenters. The smallest absolute Gasteiger partial charge is 0.267 e. The van der Waals surface area contributed by atoms with Gasteiger partial charge in [0, 0.05) is 10.7 Å². The molecule has 0 radical (unpaired) electrons. The lowest BCUT2D eigenvalue weighted by molar-refractivity contribution is -0.122. The summed E-state index contributed by atoms with van der Waals surface area (Å²) in [6.07, 6.45) is -1.04. The van der Waals surface area contributed by atoms with Crippen molar-refractivity contribution >= 4 is 38.9 Å². The van der Waals surface area contributed by atoms with Gasteiger partial charge in [0.2, 0.25) is 0 Å². The number of benzene rings is 3. The summed E-state index contributed by atoms with van der Waals surface area (Å²) in [7, 11) is -3.91. The molecule has 0 fully saturated rings. The fraction of sp³-hybridized carbons (Fsp3) is 0.208. The van der Waals surface area contributed by atoms with E-state index in [1.807, 2.05) is 26.8 Å². The molecule has 1 heterocycles. The van der Waals surface area contributed by atoms with E-state index in [0.29, 0.717) is 22.1 Å². The Balaban J connectivity index is 1.69. The molecule has 1 amide bonds. The second kappa shape index (κ2) is 8.48. The van der Waals surface area contributed by atoms with Gasteiger partial charge < -0.3 is 10.1 Å². The quantitative estimate of drug-likeness (QED) is 0.590. The Hall–Kier alpha value is -3.03. The van der Waals surface area contributed by atoms with E-state index in [0.717, 1.165) is 16.7 Å². The van der Waals surface area contributed by atoms with Crippen LogP contribution in [0.25, 0.3) is 0 Å². The van der Waals surface area contributed by atoms with E-state index in [1.165, 1.54) is 4.31 Å². The Morgan fingerprint density at radius 1 is 1.00 bits per heavy atom. The van der Waals surface area contributed by atoms with Gasteiger partial charge in [-0.05, 0) is 68.3 Å². The highest BCUT2D eigenvalue weighted by molar-refractivity contribution is 7.92. The number of amides is 1. The van der Waals surface area contributed by atoms with Crippen LogP contribution >= 0.6 is 11.6 Å². The highest BCUT2D eigenvalue weighted by Gasteiger charge is 2.37. The number of carbonyl (C=O) groups is 1. The molecule has 1 aliphatic rings. The molecule has 0 saturated carbocycles. The van der Waals surface area contributed by atoms with Crippen LogP contribution in [-0.2, 0) is 14.8 Å². The third-order valence-electron chi connectivity index (χ3n) is 5.32. The van der Waals surface area contributed by atoms with Crippen molar-refractivity contribution < 1.29 is 17.9 Å². The van der Waals surface area contributed by atoms with Gasteiger partial charge in [0.25, 0.3) is 15.9 Å². The first-order valence-corrected chi connectivity index (χ1v) is 11.9. The minimum absolute atomic E-state index is 0.155. The van der Waals surface area contributed by atoms with Gasteiger partial charge in [-0.3, -0.25) is 9.10 Å². The van der Waals surface area contributed by atoms with Gasteiger partial charge in [0.1, 0.15) is 5.75 Å². The Morgan fingerprint density at radius 2 is 1.69 bits per heavy atom. The maximum atomic E-state index is 13.5. The number of aryl methyl sites for hydroxylation is 3. The Labute approximate surface area is 192 Å². The van der Waals surface area contributed by atoms with E-state index in [-0.39, 0.29) is 11.4 Å². The van der Waals surface area contributed by atoms with Crippen LogP contribution in [0.2, 0.25) is 5.02 Å². The van der Waals surface area contributed by atoms with Gasteiger partial charge in [-0.25, -0.2) is 8.42 Å². The van der Waals surface area contributed by atoms with Crippen LogP contribution in [-0.4, -0.2) is 27.0 Å². The van der Waals surface area contributed by atoms with Gasteiger partial charge in [-0.1, -0.05) is 41.4 Å². The van der Waals surface area contributed by atoms with Crippen LogP contribution in [0.4, 0.5) is 11.4 Å². The monoisotopic (exact) mass is 470 g/mol. The average Bonchev–Trinajstić information content (AvgIpc) is 2.75. The highest BCUT2D eigenvalue weighted by atomic mass is 35.5. The van der Waals surface area contributed by atoms with Gasteiger partial charge in [-0.2, -0.15) is 0 Å². The topological polar surface area (TPSA) is 75.7 Å². The van der Waals surface area contributed by atoms with Crippen LogP contribution in [0.1, 0.15) is 16.7 Å². The fourth-order valence-electron chi connectivity index (χ4n) is 3.46. The van der Waals surface area contributed by atoms with Crippen molar-refractivity contribution in [2.75, 3.05) is 16.2 Å². The fourth-order valence-corrected chi connectivity index (χ4v) is 5.10. The Morgan fingerprint density at radius 3 is 2.38 bits per heavy atom. The van der Waals surface area contributed by atoms with Crippen molar-refractivity contribution in [3.63, 3.8) is 0 Å². The number of nitrogens with zero attached hydrogens (tertiary/aromatic N) is 1. The summed E-state index contributed by atoms with van der Waals surface area (Å²) in [4.78, 5) is 13.1. The van der Waals surface area contributed by atoms with E-state index >= 15 is 0 Å². The maximum absolute atomic E-state index is 13.5. The zero-order valence-electron chi connectivity index (χ0n) is 17.9. The minimum Gasteiger partial charge on any atom is -0.476 e. The van der Waals surface area contributed by atoms with E-state index in [2.05, 4.69) is 5.32 Å². The predicted molar refractivity (Wildman–Crippen MR) is 126 cm³/mol. The number of carbonyl (C=O) groups excluding carboxylic acids is 1. The molecule has 1 N–H and O–H groups in total. The predicted octanol–water partition coefficient (Wildman–Crippen LogP) is 4.86. The molecule has 1 atom stereocenters. The average molecular weight is 471 g/mol. The number of halogens is 1. The third kappa shape index (κ3) is 4.31. The summed E-state index contributed by atoms with van der Waals surface area (Å²) in [5.41, 5.74) is 3.65. The highest BCUT2D eigenvalue weighted by Crippen LogP contribution is 2.38. The molecular weight excluding hydrogens is 448 g/mol. The molecule has 1 aliphatic heterocycles. The normalized spacial score (nSPS) is 15.6. The van der Waals surface area contributed by atoms with E-state index in [4.69, 9.17) is 16.3 Å². The van der Waals surface area contributed by atoms with Gasteiger partial charge in [0.15, 0.2) is 6.10 Å². The molecule has 8 heteroatoms. The second-order valence-electron chi connectivity index (χ2n) is 7.88.